The van der Waals surface area contributed by atoms with Gasteiger partial charge < -0.3 is 41.2 Å². The van der Waals surface area contributed by atoms with Gasteiger partial charge in [-0.1, -0.05) is 63.2 Å². The molecule has 19 nitrogen and oxygen atoms in total. The summed E-state index contributed by atoms with van der Waals surface area (Å²) in [4.78, 5) is 64.6. The maximum Gasteiger partial charge on any atom is 0.355 e. The highest BCUT2D eigenvalue weighted by Crippen LogP contribution is 2.36. The number of aliphatic hydroxyl groups excluding tert-OH is 1. The van der Waals surface area contributed by atoms with Gasteiger partial charge in [-0.15, -0.1) is 11.3 Å². The molecule has 1 saturated heterocycles. The van der Waals surface area contributed by atoms with Crippen LogP contribution in [-0.2, 0) is 37.6 Å². The highest BCUT2D eigenvalue weighted by molar-refractivity contribution is 7.93. The Bertz CT molecular complexity index is 3060. The molecule has 8 N–H and O–H groups in total. The van der Waals surface area contributed by atoms with Gasteiger partial charge in [0.15, 0.2) is 0 Å². The Balaban J connectivity index is 0.900. The summed E-state index contributed by atoms with van der Waals surface area (Å²) in [5.74, 6) is -5.94. The van der Waals surface area contributed by atoms with Gasteiger partial charge in [0, 0.05) is 31.5 Å². The third kappa shape index (κ3) is 13.7. The summed E-state index contributed by atoms with van der Waals surface area (Å²) in [6, 6.07) is 18.0. The van der Waals surface area contributed by atoms with Crippen LogP contribution in [0.2, 0.25) is 0 Å². The summed E-state index contributed by atoms with van der Waals surface area (Å²) < 4.78 is 77.6. The molecule has 3 aromatic heterocycles. The van der Waals surface area contributed by atoms with Crippen LogP contribution in [-0.4, -0.2) is 99.3 Å². The first-order valence-corrected chi connectivity index (χ1v) is 25.7. The van der Waals surface area contributed by atoms with Crippen molar-refractivity contribution in [2.75, 3.05) is 23.2 Å². The Kier molecular flexibility index (Phi) is 17.2. The molecule has 3 aromatic carbocycles. The first-order chi connectivity index (χ1) is 35.2. The third-order valence-electron chi connectivity index (χ3n) is 11.8. The molecular formula is C50H55F3N10O9S2. The topological polar surface area (TPSA) is 273 Å². The molecule has 3 atom stereocenters. The monoisotopic (exact) mass is 1060 g/mol. The number of primary amides is 1. The van der Waals surface area contributed by atoms with E-state index in [0.717, 1.165) is 27.8 Å². The molecule has 0 bridgehead atoms. The minimum Gasteiger partial charge on any atom is -0.492 e. The number of aryl methyl sites for hydroxylation is 1. The largest absolute Gasteiger partial charge is 0.492 e. The van der Waals surface area contributed by atoms with Gasteiger partial charge in [-0.2, -0.15) is 13.9 Å². The number of ether oxygens (including phenoxy) is 2. The van der Waals surface area contributed by atoms with Gasteiger partial charge in [-0.3, -0.25) is 29.0 Å². The summed E-state index contributed by atoms with van der Waals surface area (Å²) >= 11 is 1.55. The quantitative estimate of drug-likeness (QED) is 0.0346. The molecule has 0 saturated carbocycles. The van der Waals surface area contributed by atoms with Crippen LogP contribution >= 0.6 is 11.3 Å². The molecule has 6 aromatic rings. The number of aromatic amines is 1. The first-order valence-electron chi connectivity index (χ1n) is 23.3. The van der Waals surface area contributed by atoms with Gasteiger partial charge in [0.05, 0.1) is 40.7 Å². The van der Waals surface area contributed by atoms with Crippen LogP contribution < -0.4 is 35.9 Å². The number of pyridine rings is 1. The SMILES string of the molecule is Cc1ncsc1-c1ccc(CNC(=O)[C@@H]2C[C@@H](O)CN2C(=O)[C@@H](NC(=O)CCCCOc2ccc(Nc3[nH]nc(-c4ccc(NS(=O)(=O)C(F)F)c(OCc5ccc(F)cc5)c4)c3C(N)=O)nc2)C(C)(C)C)cc1. The molecule has 4 heterocycles. The average molecular weight is 1060 g/mol. The number of aliphatic hydroxyl groups is 1. The molecule has 1 aliphatic rings. The lowest BCUT2D eigenvalue weighted by Gasteiger charge is -2.35. The normalized spacial score (nSPS) is 15.1. The molecule has 0 aliphatic carbocycles. The maximum atomic E-state index is 14.1. The average Bonchev–Trinajstić information content (AvgIpc) is 4.10. The molecule has 0 spiro atoms. The second kappa shape index (κ2) is 23.5. The number of rotatable bonds is 22. The van der Waals surface area contributed by atoms with E-state index >= 15 is 0 Å². The highest BCUT2D eigenvalue weighted by atomic mass is 32.2. The highest BCUT2D eigenvalue weighted by Gasteiger charge is 2.44. The van der Waals surface area contributed by atoms with Gasteiger partial charge in [-0.25, -0.2) is 22.8 Å². The van der Waals surface area contributed by atoms with E-state index in [4.69, 9.17) is 15.2 Å². The number of nitrogens with two attached hydrogens (primary N) is 1. The molecule has 7 rings (SSSR count). The number of H-pyrrole nitrogens is 1. The number of thiazole rings is 1. The first kappa shape index (κ1) is 54.2. The van der Waals surface area contributed by atoms with Crippen LogP contribution in [0.5, 0.6) is 11.5 Å². The lowest BCUT2D eigenvalue weighted by atomic mass is 9.85. The van der Waals surface area contributed by atoms with Crippen molar-refractivity contribution in [1.29, 1.82) is 0 Å². The van der Waals surface area contributed by atoms with Crippen molar-refractivity contribution in [1.82, 2.24) is 35.7 Å². The molecule has 74 heavy (non-hydrogen) atoms. The predicted molar refractivity (Wildman–Crippen MR) is 270 cm³/mol. The summed E-state index contributed by atoms with van der Waals surface area (Å²) in [7, 11) is -5.11. The number of likely N-dealkylation sites (tertiary alicyclic amines) is 1. The number of amides is 4. The number of nitrogens with one attached hydrogen (secondary N) is 5. The van der Waals surface area contributed by atoms with Crippen molar-refractivity contribution in [3.63, 3.8) is 0 Å². The minimum atomic E-state index is -5.11. The molecule has 1 fully saturated rings. The maximum absolute atomic E-state index is 14.1. The second-order valence-electron chi connectivity index (χ2n) is 18.5. The lowest BCUT2D eigenvalue weighted by molar-refractivity contribution is -0.144. The number of β-amino-alcohol motifs (C(OH)–C–C–N with tert-alkyl or cyclic N) is 1. The zero-order chi connectivity index (χ0) is 53.3. The van der Waals surface area contributed by atoms with Crippen LogP contribution in [0.25, 0.3) is 21.7 Å². The summed E-state index contributed by atoms with van der Waals surface area (Å²) in [5.41, 5.74) is 9.85. The fourth-order valence-electron chi connectivity index (χ4n) is 7.95. The zero-order valence-electron chi connectivity index (χ0n) is 40.7. The van der Waals surface area contributed by atoms with E-state index in [1.54, 1.807) is 33.7 Å². The Morgan fingerprint density at radius 2 is 1.68 bits per heavy atom. The van der Waals surface area contributed by atoms with Gasteiger partial charge in [0.25, 0.3) is 15.9 Å². The number of benzene rings is 3. The number of carbonyl (C=O) groups excluding carboxylic acids is 4. The standard InChI is InChI=1S/C50H55F3N10O9S2/c1-28-43(73-27-57-28)31-12-8-29(9-13-31)23-56-47(67)37-22-34(64)25-63(37)48(68)44(50(2,3)4)59-40(65)7-5-6-20-71-35-17-19-39(55-24-35)58-46-41(45(54)66)42(60-61-46)32-14-18-36(62-74(69,70)49(52)53)38(21-32)72-26-30-10-15-33(51)16-11-30/h8-19,21,24,27,34,37,44,49,62,64H,5-7,20,22-23,25-26H2,1-4H3,(H2,54,66)(H,56,67)(H,59,65)(H2,55,58,60,61)/t34-,37+,44-/m1/s1. The van der Waals surface area contributed by atoms with Crippen molar-refractivity contribution >= 4 is 62.3 Å². The molecule has 24 heteroatoms. The molecule has 4 amide bonds. The number of hydrogen-bond donors (Lipinski definition) is 7. The number of nitrogens with zero attached hydrogens (tertiary/aromatic N) is 4. The second-order valence-corrected chi connectivity index (χ2v) is 21.0. The van der Waals surface area contributed by atoms with Crippen LogP contribution in [0, 0.1) is 18.2 Å². The number of sulfonamides is 1. The van der Waals surface area contributed by atoms with Crippen molar-refractivity contribution in [3.8, 4) is 33.2 Å². The predicted octanol–water partition coefficient (Wildman–Crippen LogP) is 6.79. The number of alkyl halides is 2. The van der Waals surface area contributed by atoms with Crippen molar-refractivity contribution in [2.24, 2.45) is 11.1 Å². The van der Waals surface area contributed by atoms with Crippen LogP contribution in [0.3, 0.4) is 0 Å². The van der Waals surface area contributed by atoms with Crippen LogP contribution in [0.15, 0.2) is 90.6 Å². The number of unbranched alkanes of at least 4 members (excludes halogenated alkanes) is 1. The number of halogens is 3. The van der Waals surface area contributed by atoms with Gasteiger partial charge in [0.2, 0.25) is 17.7 Å². The van der Waals surface area contributed by atoms with Gasteiger partial charge >= 0.3 is 5.76 Å². The van der Waals surface area contributed by atoms with Gasteiger partial charge in [-0.05, 0) is 78.3 Å². The van der Waals surface area contributed by atoms with Crippen molar-refractivity contribution in [3.05, 3.63) is 119 Å². The summed E-state index contributed by atoms with van der Waals surface area (Å²) in [6.45, 7) is 7.57. The van der Waals surface area contributed by atoms with Crippen molar-refractivity contribution in [2.45, 2.75) is 90.5 Å². The molecule has 1 aliphatic heterocycles. The van der Waals surface area contributed by atoms with Gasteiger partial charge in [0.1, 0.15) is 58.9 Å². The van der Waals surface area contributed by atoms with E-state index in [2.05, 4.69) is 36.1 Å². The Hall–Kier alpha value is -7.57. The minimum absolute atomic E-state index is 0.000980. The fourth-order valence-corrected chi connectivity index (χ4v) is 9.33. The third-order valence-corrected chi connectivity index (χ3v) is 13.8. The summed E-state index contributed by atoms with van der Waals surface area (Å²) in [6.07, 6.45) is 1.53. The lowest BCUT2D eigenvalue weighted by Crippen LogP contribution is -2.57. The van der Waals surface area contributed by atoms with E-state index in [0.29, 0.717) is 24.2 Å². The molecular weight excluding hydrogens is 1010 g/mol. The fraction of sp³-hybridized carbons (Fsp3) is 0.340. The number of anilines is 3. The van der Waals surface area contributed by atoms with Crippen LogP contribution in [0.4, 0.5) is 30.5 Å². The van der Waals surface area contributed by atoms with E-state index in [1.807, 2.05) is 52.0 Å². The zero-order valence-corrected chi connectivity index (χ0v) is 42.3. The molecule has 0 radical (unpaired) electrons. The number of hydrogen-bond acceptors (Lipinski definition) is 14. The number of carbonyl (C=O) groups is 4. The number of aromatic nitrogens is 4. The van der Waals surface area contributed by atoms with E-state index < -0.39 is 62.9 Å². The Labute approximate surface area is 428 Å². The Morgan fingerprint density at radius 3 is 2.32 bits per heavy atom. The van der Waals surface area contributed by atoms with E-state index in [9.17, 15) is 45.9 Å². The summed E-state index contributed by atoms with van der Waals surface area (Å²) in [5, 5.41) is 26.2. The smallest absolute Gasteiger partial charge is 0.355 e. The van der Waals surface area contributed by atoms with Crippen LogP contribution in [0.1, 0.15) is 73.6 Å². The molecule has 392 valence electrons. The van der Waals surface area contributed by atoms with Crippen molar-refractivity contribution < 1.29 is 55.3 Å². The molecule has 0 unspecified atom stereocenters. The Morgan fingerprint density at radius 1 is 0.959 bits per heavy atom. The van der Waals surface area contributed by atoms with E-state index in [-0.39, 0.29) is 84.9 Å². The van der Waals surface area contributed by atoms with E-state index in [1.165, 1.54) is 47.5 Å².